The number of hydrogen-bond donors (Lipinski definition) is 2. The van der Waals surface area contributed by atoms with E-state index in [1.807, 2.05) is 13.8 Å². The van der Waals surface area contributed by atoms with E-state index in [-0.39, 0.29) is 17.7 Å². The molecule has 0 aliphatic carbocycles. The van der Waals surface area contributed by atoms with Crippen molar-refractivity contribution in [2.75, 3.05) is 16.4 Å². The lowest BCUT2D eigenvalue weighted by atomic mass is 9.90. The molecule has 116 valence electrons. The minimum absolute atomic E-state index is 0.0773. The first-order chi connectivity index (χ1) is 10.9. The highest BCUT2D eigenvalue weighted by molar-refractivity contribution is 6.14. The van der Waals surface area contributed by atoms with Crippen LogP contribution < -0.4 is 16.4 Å². The molecule has 0 saturated heterocycles. The number of hydrogen-bond acceptors (Lipinski definition) is 7. The van der Waals surface area contributed by atoms with Gasteiger partial charge in [-0.15, -0.1) is 0 Å². The first kappa shape index (κ1) is 13.5. The van der Waals surface area contributed by atoms with Gasteiger partial charge < -0.3 is 15.9 Å². The largest absolute Gasteiger partial charge is 0.424 e. The van der Waals surface area contributed by atoms with Crippen molar-refractivity contribution >= 4 is 40.2 Å². The summed E-state index contributed by atoms with van der Waals surface area (Å²) in [5.74, 6) is 0.129. The fourth-order valence-corrected chi connectivity index (χ4v) is 2.87. The Bertz CT molecular complexity index is 962. The molecule has 1 aliphatic heterocycles. The lowest BCUT2D eigenvalue weighted by molar-refractivity contribution is -0.121. The van der Waals surface area contributed by atoms with E-state index in [1.54, 1.807) is 18.2 Å². The van der Waals surface area contributed by atoms with Crippen LogP contribution in [-0.2, 0) is 10.2 Å². The maximum absolute atomic E-state index is 12.9. The number of nitrogen functional groups attached to an aromatic ring is 2. The number of anilines is 4. The molecule has 8 heteroatoms. The Morgan fingerprint density at radius 2 is 2.00 bits per heavy atom. The van der Waals surface area contributed by atoms with Crippen LogP contribution in [0.25, 0.3) is 11.1 Å². The summed E-state index contributed by atoms with van der Waals surface area (Å²) in [6, 6.07) is 5.27. The van der Waals surface area contributed by atoms with E-state index >= 15 is 0 Å². The van der Waals surface area contributed by atoms with E-state index in [4.69, 9.17) is 15.9 Å². The third-order valence-electron chi connectivity index (χ3n) is 4.05. The predicted octanol–water partition coefficient (Wildman–Crippen LogP) is 1.74. The third-order valence-corrected chi connectivity index (χ3v) is 4.05. The van der Waals surface area contributed by atoms with Crippen molar-refractivity contribution in [2.45, 2.75) is 19.3 Å². The SMILES string of the molecule is CC1(C)C(=O)N(c2ccc3oc(N)nc3c2)c2c(N)ncnc21. The summed E-state index contributed by atoms with van der Waals surface area (Å²) in [7, 11) is 0. The van der Waals surface area contributed by atoms with Crippen molar-refractivity contribution in [3.8, 4) is 0 Å². The molecule has 0 bridgehead atoms. The fraction of sp³-hybridized carbons (Fsp3) is 0.200. The molecule has 0 radical (unpaired) electrons. The van der Waals surface area contributed by atoms with Crippen molar-refractivity contribution < 1.29 is 9.21 Å². The van der Waals surface area contributed by atoms with Gasteiger partial charge in [-0.2, -0.15) is 4.98 Å². The van der Waals surface area contributed by atoms with E-state index in [1.165, 1.54) is 11.2 Å². The summed E-state index contributed by atoms with van der Waals surface area (Å²) in [6.45, 7) is 3.63. The highest BCUT2D eigenvalue weighted by atomic mass is 16.4. The monoisotopic (exact) mass is 310 g/mol. The second kappa shape index (κ2) is 4.19. The van der Waals surface area contributed by atoms with Crippen molar-refractivity contribution in [3.05, 3.63) is 30.2 Å². The van der Waals surface area contributed by atoms with Crippen molar-refractivity contribution in [1.82, 2.24) is 15.0 Å². The smallest absolute Gasteiger partial charge is 0.292 e. The number of benzene rings is 1. The van der Waals surface area contributed by atoms with Crippen LogP contribution in [0.4, 0.5) is 23.2 Å². The second-order valence-corrected chi connectivity index (χ2v) is 5.93. The molecule has 3 aromatic rings. The summed E-state index contributed by atoms with van der Waals surface area (Å²) >= 11 is 0. The van der Waals surface area contributed by atoms with E-state index in [0.29, 0.717) is 28.2 Å². The Hall–Kier alpha value is -3.16. The number of carbonyl (C=O) groups is 1. The number of nitrogens with two attached hydrogens (primary N) is 2. The molecule has 1 amide bonds. The van der Waals surface area contributed by atoms with Crippen LogP contribution in [0.15, 0.2) is 28.9 Å². The summed E-state index contributed by atoms with van der Waals surface area (Å²) < 4.78 is 5.26. The lowest BCUT2D eigenvalue weighted by Gasteiger charge is -2.20. The minimum Gasteiger partial charge on any atom is -0.424 e. The first-order valence-electron chi connectivity index (χ1n) is 7.01. The van der Waals surface area contributed by atoms with Crippen molar-refractivity contribution in [2.24, 2.45) is 0 Å². The topological polar surface area (TPSA) is 124 Å². The van der Waals surface area contributed by atoms with Crippen LogP contribution >= 0.6 is 0 Å². The summed E-state index contributed by atoms with van der Waals surface area (Å²) in [5.41, 5.74) is 13.6. The molecular weight excluding hydrogens is 296 g/mol. The van der Waals surface area contributed by atoms with E-state index in [0.717, 1.165) is 0 Å². The zero-order valence-corrected chi connectivity index (χ0v) is 12.6. The van der Waals surface area contributed by atoms with Gasteiger partial charge in [0.2, 0.25) is 5.91 Å². The average Bonchev–Trinajstić information content (AvgIpc) is 2.96. The van der Waals surface area contributed by atoms with Gasteiger partial charge in [0.25, 0.3) is 6.01 Å². The molecular formula is C15H14N6O2. The molecule has 0 atom stereocenters. The van der Waals surface area contributed by atoms with Crippen LogP contribution in [0.2, 0.25) is 0 Å². The molecule has 1 aromatic carbocycles. The number of carbonyl (C=O) groups excluding carboxylic acids is 1. The van der Waals surface area contributed by atoms with Gasteiger partial charge in [-0.3, -0.25) is 9.69 Å². The van der Waals surface area contributed by atoms with Gasteiger partial charge in [0.15, 0.2) is 11.4 Å². The van der Waals surface area contributed by atoms with Crippen LogP contribution in [0.5, 0.6) is 0 Å². The highest BCUT2D eigenvalue weighted by Gasteiger charge is 2.47. The van der Waals surface area contributed by atoms with Crippen LogP contribution in [-0.4, -0.2) is 20.9 Å². The maximum atomic E-state index is 12.9. The molecule has 23 heavy (non-hydrogen) atoms. The van der Waals surface area contributed by atoms with Crippen LogP contribution in [0.1, 0.15) is 19.5 Å². The number of amides is 1. The van der Waals surface area contributed by atoms with Gasteiger partial charge in [0, 0.05) is 0 Å². The number of fused-ring (bicyclic) bond motifs is 2. The molecule has 4 rings (SSSR count). The van der Waals surface area contributed by atoms with E-state index in [2.05, 4.69) is 15.0 Å². The zero-order chi connectivity index (χ0) is 16.4. The molecule has 4 N–H and O–H groups in total. The van der Waals surface area contributed by atoms with Crippen molar-refractivity contribution in [3.63, 3.8) is 0 Å². The predicted molar refractivity (Wildman–Crippen MR) is 85.0 cm³/mol. The van der Waals surface area contributed by atoms with Gasteiger partial charge in [-0.1, -0.05) is 0 Å². The number of oxazole rings is 1. The quantitative estimate of drug-likeness (QED) is 0.701. The Morgan fingerprint density at radius 1 is 1.22 bits per heavy atom. The third kappa shape index (κ3) is 1.71. The van der Waals surface area contributed by atoms with Crippen LogP contribution in [0.3, 0.4) is 0 Å². The lowest BCUT2D eigenvalue weighted by Crippen LogP contribution is -2.33. The number of nitrogens with zero attached hydrogens (tertiary/aromatic N) is 4. The van der Waals surface area contributed by atoms with Gasteiger partial charge >= 0.3 is 0 Å². The fourth-order valence-electron chi connectivity index (χ4n) is 2.87. The summed E-state index contributed by atoms with van der Waals surface area (Å²) in [6.07, 6.45) is 1.37. The molecule has 1 aliphatic rings. The second-order valence-electron chi connectivity index (χ2n) is 5.93. The molecule has 0 unspecified atom stereocenters. The Morgan fingerprint density at radius 3 is 2.78 bits per heavy atom. The molecule has 2 aromatic heterocycles. The first-order valence-corrected chi connectivity index (χ1v) is 7.01. The molecule has 0 fully saturated rings. The molecule has 0 spiro atoms. The van der Waals surface area contributed by atoms with Gasteiger partial charge in [0.05, 0.1) is 16.8 Å². The Kier molecular flexibility index (Phi) is 2.46. The van der Waals surface area contributed by atoms with Crippen molar-refractivity contribution in [1.29, 1.82) is 0 Å². The zero-order valence-electron chi connectivity index (χ0n) is 12.6. The molecule has 3 heterocycles. The van der Waals surface area contributed by atoms with E-state index < -0.39 is 5.41 Å². The van der Waals surface area contributed by atoms with Gasteiger partial charge in [-0.25, -0.2) is 9.97 Å². The maximum Gasteiger partial charge on any atom is 0.292 e. The normalized spacial score (nSPS) is 16.1. The minimum atomic E-state index is -0.787. The molecule has 8 nitrogen and oxygen atoms in total. The highest BCUT2D eigenvalue weighted by Crippen LogP contribution is 2.46. The standard InChI is InChI=1S/C15H14N6O2/c1-15(2)11-10(12(16)19-6-18-11)21(13(15)22)7-3-4-9-8(5-7)20-14(17)23-9/h3-6H,1-2H3,(H2,17,20)(H2,16,18,19). The van der Waals surface area contributed by atoms with Gasteiger partial charge in [-0.05, 0) is 32.0 Å². The number of aromatic nitrogens is 3. The van der Waals surface area contributed by atoms with Crippen LogP contribution in [0, 0.1) is 0 Å². The average molecular weight is 310 g/mol. The molecule has 0 saturated carbocycles. The summed E-state index contributed by atoms with van der Waals surface area (Å²) in [4.78, 5) is 26.8. The summed E-state index contributed by atoms with van der Waals surface area (Å²) in [5, 5.41) is 0. The Labute approximate surface area is 131 Å². The van der Waals surface area contributed by atoms with E-state index in [9.17, 15) is 4.79 Å². The Balaban J connectivity index is 1.96. The number of rotatable bonds is 1. The van der Waals surface area contributed by atoms with Gasteiger partial charge in [0.1, 0.15) is 17.5 Å².